The Morgan fingerprint density at radius 2 is 1.82 bits per heavy atom. The lowest BCUT2D eigenvalue weighted by molar-refractivity contribution is -0.149. The molecule has 2 fully saturated rings. The lowest BCUT2D eigenvalue weighted by Crippen LogP contribution is -2.62. The van der Waals surface area contributed by atoms with Crippen molar-refractivity contribution in [3.05, 3.63) is 59.4 Å². The van der Waals surface area contributed by atoms with Gasteiger partial charge in [-0.3, -0.25) is 4.90 Å². The quantitative estimate of drug-likeness (QED) is 0.618. The zero-order valence-corrected chi connectivity index (χ0v) is 19.5. The Balaban J connectivity index is 1.34. The highest BCUT2D eigenvalue weighted by molar-refractivity contribution is 5.48. The van der Waals surface area contributed by atoms with Gasteiger partial charge in [-0.15, -0.1) is 0 Å². The molecule has 2 heterocycles. The van der Waals surface area contributed by atoms with E-state index in [1.165, 1.54) is 23.4 Å². The Bertz CT molecular complexity index is 963. The number of aliphatic hydroxyl groups excluding tert-OH is 1. The number of rotatable bonds is 6. The molecule has 0 aromatic heterocycles. The van der Waals surface area contributed by atoms with Crippen LogP contribution in [-0.2, 0) is 0 Å². The molecule has 0 saturated carbocycles. The molecule has 2 atom stereocenters. The average molecular weight is 459 g/mol. The number of β-amino-alcohol motifs (C(OH)–C–C–N with tert-alkyl or cyclic N) is 2. The molecule has 0 aliphatic carbocycles. The van der Waals surface area contributed by atoms with E-state index in [1.807, 2.05) is 4.90 Å². The van der Waals surface area contributed by atoms with E-state index in [2.05, 4.69) is 36.1 Å². The molecule has 0 unspecified atom stereocenters. The summed E-state index contributed by atoms with van der Waals surface area (Å²) < 4.78 is 19.2. The number of benzene rings is 2. The molecule has 33 heavy (non-hydrogen) atoms. The van der Waals surface area contributed by atoms with Gasteiger partial charge in [-0.1, -0.05) is 12.1 Å². The molecule has 2 aliphatic rings. The van der Waals surface area contributed by atoms with E-state index < -0.39 is 17.3 Å². The number of aryl methyl sites for hydroxylation is 2. The van der Waals surface area contributed by atoms with Crippen LogP contribution in [0.2, 0.25) is 0 Å². The third-order valence-electron chi connectivity index (χ3n) is 7.03. The van der Waals surface area contributed by atoms with E-state index in [0.29, 0.717) is 43.7 Å². The third-order valence-corrected chi connectivity index (χ3v) is 7.03. The minimum atomic E-state index is -1.46. The first kappa shape index (κ1) is 24.0. The molecule has 2 aliphatic heterocycles. The van der Waals surface area contributed by atoms with Crippen molar-refractivity contribution < 1.29 is 24.4 Å². The van der Waals surface area contributed by atoms with Gasteiger partial charge in [-0.2, -0.15) is 0 Å². The summed E-state index contributed by atoms with van der Waals surface area (Å²) in [6, 6.07) is 12.8. The highest BCUT2D eigenvalue weighted by Crippen LogP contribution is 2.30. The maximum absolute atomic E-state index is 13.5. The van der Waals surface area contributed by atoms with Crippen molar-refractivity contribution in [3.63, 3.8) is 0 Å². The second-order valence-corrected chi connectivity index (χ2v) is 9.87. The first-order chi connectivity index (χ1) is 15.7. The third kappa shape index (κ3) is 5.66. The van der Waals surface area contributed by atoms with Crippen molar-refractivity contribution in [2.45, 2.75) is 50.4 Å². The van der Waals surface area contributed by atoms with Crippen LogP contribution in [-0.4, -0.2) is 76.9 Å². The Labute approximate surface area is 195 Å². The first-order valence-electron chi connectivity index (χ1n) is 11.7. The summed E-state index contributed by atoms with van der Waals surface area (Å²) in [6.07, 6.45) is 0.759. The minimum Gasteiger partial charge on any atom is -0.490 e. The second kappa shape index (κ2) is 9.58. The molecule has 7 heteroatoms. The van der Waals surface area contributed by atoms with Gasteiger partial charge in [0.2, 0.25) is 0 Å². The molecule has 2 saturated heterocycles. The van der Waals surface area contributed by atoms with E-state index in [-0.39, 0.29) is 19.0 Å². The van der Waals surface area contributed by atoms with Crippen LogP contribution in [0.1, 0.15) is 30.4 Å². The molecule has 0 spiro atoms. The predicted molar refractivity (Wildman–Crippen MR) is 126 cm³/mol. The number of hydrogen-bond donors (Lipinski definition) is 3. The molecule has 0 bridgehead atoms. The van der Waals surface area contributed by atoms with E-state index >= 15 is 0 Å². The summed E-state index contributed by atoms with van der Waals surface area (Å²) in [4.78, 5) is 4.32. The summed E-state index contributed by atoms with van der Waals surface area (Å²) in [7, 11) is 0. The van der Waals surface area contributed by atoms with Crippen molar-refractivity contribution in [1.29, 1.82) is 0 Å². The van der Waals surface area contributed by atoms with Crippen LogP contribution in [0.3, 0.4) is 0 Å². The molecule has 4 rings (SSSR count). The smallest absolute Gasteiger partial charge is 0.137 e. The summed E-state index contributed by atoms with van der Waals surface area (Å²) >= 11 is 0. The van der Waals surface area contributed by atoms with E-state index in [1.54, 1.807) is 13.0 Å². The van der Waals surface area contributed by atoms with Crippen molar-refractivity contribution >= 4 is 5.69 Å². The standard InChI is InChI=1S/C26H35FN2O4/c1-19-4-3-5-21(14-19)29-12-9-25(31,10-13-29)16-28-11-8-24(30)26(32,17-28)18-33-22-6-7-23(27)20(2)15-22/h3-7,14-15,24,30-32H,8-13,16-18H2,1-2H3/t24-,26-/m0/s1. The maximum atomic E-state index is 13.5. The van der Waals surface area contributed by atoms with E-state index in [9.17, 15) is 19.7 Å². The van der Waals surface area contributed by atoms with Gasteiger partial charge in [-0.25, -0.2) is 4.39 Å². The fourth-order valence-corrected chi connectivity index (χ4v) is 4.92. The largest absolute Gasteiger partial charge is 0.490 e. The van der Waals surface area contributed by atoms with E-state index in [4.69, 9.17) is 4.74 Å². The van der Waals surface area contributed by atoms with Crippen LogP contribution in [0.4, 0.5) is 10.1 Å². The number of aliphatic hydroxyl groups is 3. The van der Waals surface area contributed by atoms with Crippen molar-refractivity contribution in [1.82, 2.24) is 4.90 Å². The van der Waals surface area contributed by atoms with Crippen molar-refractivity contribution in [2.75, 3.05) is 44.2 Å². The molecule has 6 nitrogen and oxygen atoms in total. The molecule has 2 aromatic rings. The van der Waals surface area contributed by atoms with E-state index in [0.717, 1.165) is 13.1 Å². The van der Waals surface area contributed by atoms with Gasteiger partial charge >= 0.3 is 0 Å². The minimum absolute atomic E-state index is 0.102. The SMILES string of the molecule is Cc1cccc(N2CCC(O)(CN3CC[C@H](O)[C@@](O)(COc4ccc(F)c(C)c4)C3)CC2)c1. The van der Waals surface area contributed by atoms with Crippen molar-refractivity contribution in [2.24, 2.45) is 0 Å². The summed E-state index contributed by atoms with van der Waals surface area (Å²) in [5, 5.41) is 32.9. The molecule has 0 amide bonds. The van der Waals surface area contributed by atoms with Gasteiger partial charge in [0, 0.05) is 38.4 Å². The maximum Gasteiger partial charge on any atom is 0.137 e. The number of likely N-dealkylation sites (tertiary alicyclic amines) is 1. The average Bonchev–Trinajstić information content (AvgIpc) is 2.78. The summed E-state index contributed by atoms with van der Waals surface area (Å²) in [5.74, 6) is 0.139. The first-order valence-corrected chi connectivity index (χ1v) is 11.7. The monoisotopic (exact) mass is 458 g/mol. The highest BCUT2D eigenvalue weighted by Gasteiger charge is 2.44. The molecule has 0 radical (unpaired) electrons. The van der Waals surface area contributed by atoms with Gasteiger partial charge in [-0.05, 0) is 74.6 Å². The van der Waals surface area contributed by atoms with Crippen LogP contribution in [0.15, 0.2) is 42.5 Å². The van der Waals surface area contributed by atoms with Gasteiger partial charge in [0.25, 0.3) is 0 Å². The van der Waals surface area contributed by atoms with Gasteiger partial charge in [0.05, 0.1) is 11.7 Å². The Morgan fingerprint density at radius 3 is 2.52 bits per heavy atom. The normalized spacial score (nSPS) is 25.8. The number of piperidine rings is 2. The van der Waals surface area contributed by atoms with Crippen LogP contribution >= 0.6 is 0 Å². The van der Waals surface area contributed by atoms with Crippen LogP contribution in [0, 0.1) is 19.7 Å². The highest BCUT2D eigenvalue weighted by atomic mass is 19.1. The zero-order valence-electron chi connectivity index (χ0n) is 19.5. The topological polar surface area (TPSA) is 76.4 Å². The number of ether oxygens (including phenoxy) is 1. The Hall–Kier alpha value is -2.19. The zero-order chi connectivity index (χ0) is 23.6. The van der Waals surface area contributed by atoms with Crippen LogP contribution in [0.25, 0.3) is 0 Å². The number of halogens is 1. The van der Waals surface area contributed by atoms with Gasteiger partial charge in [0.1, 0.15) is 23.8 Å². The Kier molecular flexibility index (Phi) is 6.96. The second-order valence-electron chi connectivity index (χ2n) is 9.87. The fourth-order valence-electron chi connectivity index (χ4n) is 4.92. The lowest BCUT2D eigenvalue weighted by atomic mass is 9.86. The van der Waals surface area contributed by atoms with Crippen LogP contribution < -0.4 is 9.64 Å². The van der Waals surface area contributed by atoms with Gasteiger partial charge < -0.3 is 25.0 Å². The summed E-state index contributed by atoms with van der Waals surface area (Å²) in [5.41, 5.74) is 0.570. The predicted octanol–water partition coefficient (Wildman–Crippen LogP) is 2.65. The number of anilines is 1. The number of nitrogens with zero attached hydrogens (tertiary/aromatic N) is 2. The molecule has 3 N–H and O–H groups in total. The Morgan fingerprint density at radius 1 is 1.06 bits per heavy atom. The molecule has 180 valence electrons. The molecular formula is C26H35FN2O4. The van der Waals surface area contributed by atoms with Crippen LogP contribution in [0.5, 0.6) is 5.75 Å². The van der Waals surface area contributed by atoms with Crippen molar-refractivity contribution in [3.8, 4) is 5.75 Å². The van der Waals surface area contributed by atoms with Gasteiger partial charge in [0.15, 0.2) is 0 Å². The fraction of sp³-hybridized carbons (Fsp3) is 0.538. The number of hydrogen-bond acceptors (Lipinski definition) is 6. The summed E-state index contributed by atoms with van der Waals surface area (Å²) in [6.45, 7) is 6.42. The molecule has 2 aromatic carbocycles. The lowest BCUT2D eigenvalue weighted by Gasteiger charge is -2.46. The molecular weight excluding hydrogens is 423 g/mol.